The molecule has 1 aromatic heterocycles. The third kappa shape index (κ3) is 7.02. The van der Waals surface area contributed by atoms with Gasteiger partial charge in [-0.3, -0.25) is 14.8 Å². The summed E-state index contributed by atoms with van der Waals surface area (Å²) in [5.74, 6) is -1.40. The molecule has 1 aliphatic heterocycles. The third-order valence-corrected chi connectivity index (χ3v) is 5.46. The monoisotopic (exact) mass is 478 g/mol. The summed E-state index contributed by atoms with van der Waals surface area (Å²) < 4.78 is 12.2. The SMILES string of the molecule is CCCOC(=O)C1OC(n2ccc(N)nc2=O)C=CC1NC(=O)C(N)C(C)CCN(C)C(=N)N. The number of nitrogens with zero attached hydrogens (tertiary/aromatic N) is 3. The van der Waals surface area contributed by atoms with Gasteiger partial charge in [-0.1, -0.05) is 19.9 Å². The number of carbonyl (C=O) groups excluding carboxylic acids is 2. The molecule has 188 valence electrons. The molecule has 0 spiro atoms. The number of hydrogen-bond donors (Lipinski definition) is 5. The fraction of sp³-hybridized carbons (Fsp3) is 0.571. The molecule has 1 aromatic rings. The highest BCUT2D eigenvalue weighted by molar-refractivity contribution is 5.84. The zero-order chi connectivity index (χ0) is 25.4. The quantitative estimate of drug-likeness (QED) is 0.119. The highest BCUT2D eigenvalue weighted by Crippen LogP contribution is 2.22. The molecule has 34 heavy (non-hydrogen) atoms. The standard InChI is InChI=1S/C21H34N8O5/c1-4-11-33-19(31)17-13(5-6-15(34-17)29-10-8-14(22)27-21(29)32)26-18(30)16(23)12(2)7-9-28(3)20(24)25/h5-6,8,10,12-13,15-17H,4,7,9,11,23H2,1-3H3,(H3,24,25)(H,26,30)(H2,22,27,32). The zero-order valence-electron chi connectivity index (χ0n) is 19.6. The number of nitrogens with one attached hydrogen (secondary N) is 2. The van der Waals surface area contributed by atoms with E-state index in [9.17, 15) is 14.4 Å². The van der Waals surface area contributed by atoms with Gasteiger partial charge in [0, 0.05) is 19.8 Å². The maximum absolute atomic E-state index is 12.8. The van der Waals surface area contributed by atoms with Crippen molar-refractivity contribution in [2.45, 2.75) is 51.1 Å². The van der Waals surface area contributed by atoms with Crippen molar-refractivity contribution < 1.29 is 19.1 Å². The molecule has 1 aliphatic rings. The predicted octanol–water partition coefficient (Wildman–Crippen LogP) is -1.10. The number of hydrogen-bond acceptors (Lipinski definition) is 9. The molecule has 0 saturated heterocycles. The summed E-state index contributed by atoms with van der Waals surface area (Å²) in [4.78, 5) is 42.9. The Morgan fingerprint density at radius 3 is 2.74 bits per heavy atom. The number of nitrogen functional groups attached to an aromatic ring is 1. The molecule has 0 aliphatic carbocycles. The second-order valence-corrected chi connectivity index (χ2v) is 8.17. The molecule has 1 amide bonds. The lowest BCUT2D eigenvalue weighted by Crippen LogP contribution is -2.55. The highest BCUT2D eigenvalue weighted by Gasteiger charge is 2.37. The molecule has 0 bridgehead atoms. The number of guanidine groups is 1. The van der Waals surface area contributed by atoms with Crippen molar-refractivity contribution in [3.05, 3.63) is 34.9 Å². The molecule has 0 radical (unpaired) electrons. The minimum Gasteiger partial charge on any atom is -0.464 e. The molecule has 8 N–H and O–H groups in total. The number of amides is 1. The van der Waals surface area contributed by atoms with Crippen LogP contribution in [0.2, 0.25) is 0 Å². The molecule has 13 nitrogen and oxygen atoms in total. The van der Waals surface area contributed by atoms with E-state index in [1.54, 1.807) is 18.0 Å². The Kier molecular flexibility index (Phi) is 9.57. The van der Waals surface area contributed by atoms with Crippen LogP contribution in [0.1, 0.15) is 32.9 Å². The topological polar surface area (TPSA) is 205 Å². The van der Waals surface area contributed by atoms with Crippen LogP contribution in [0.25, 0.3) is 0 Å². The van der Waals surface area contributed by atoms with Crippen molar-refractivity contribution in [1.29, 1.82) is 5.41 Å². The largest absolute Gasteiger partial charge is 0.464 e. The highest BCUT2D eigenvalue weighted by atomic mass is 16.6. The zero-order valence-corrected chi connectivity index (χ0v) is 19.6. The first-order valence-corrected chi connectivity index (χ1v) is 11.0. The van der Waals surface area contributed by atoms with Gasteiger partial charge in [-0.25, -0.2) is 9.59 Å². The van der Waals surface area contributed by atoms with Gasteiger partial charge < -0.3 is 36.9 Å². The lowest BCUT2D eigenvalue weighted by Gasteiger charge is -2.33. The number of rotatable bonds is 10. The van der Waals surface area contributed by atoms with Gasteiger partial charge in [0.2, 0.25) is 5.91 Å². The molecule has 0 saturated carbocycles. The van der Waals surface area contributed by atoms with Crippen LogP contribution in [0.4, 0.5) is 5.82 Å². The van der Waals surface area contributed by atoms with Crippen molar-refractivity contribution in [3.63, 3.8) is 0 Å². The normalized spacial score (nSPS) is 21.4. The van der Waals surface area contributed by atoms with Crippen LogP contribution < -0.4 is 28.2 Å². The third-order valence-electron chi connectivity index (χ3n) is 5.46. The number of ether oxygens (including phenoxy) is 2. The summed E-state index contributed by atoms with van der Waals surface area (Å²) in [6.45, 7) is 4.30. The molecule has 2 rings (SSSR count). The summed E-state index contributed by atoms with van der Waals surface area (Å²) in [5.41, 5.74) is 16.4. The van der Waals surface area contributed by atoms with E-state index >= 15 is 0 Å². The van der Waals surface area contributed by atoms with Crippen molar-refractivity contribution in [1.82, 2.24) is 19.8 Å². The lowest BCUT2D eigenvalue weighted by atomic mass is 9.97. The molecule has 13 heteroatoms. The van der Waals surface area contributed by atoms with E-state index < -0.39 is 42.0 Å². The van der Waals surface area contributed by atoms with Crippen LogP contribution in [0.5, 0.6) is 0 Å². The smallest absolute Gasteiger partial charge is 0.351 e. The molecule has 0 aromatic carbocycles. The van der Waals surface area contributed by atoms with E-state index in [2.05, 4.69) is 10.3 Å². The van der Waals surface area contributed by atoms with Gasteiger partial charge in [0.1, 0.15) is 5.82 Å². The van der Waals surface area contributed by atoms with Crippen LogP contribution in [-0.4, -0.2) is 70.7 Å². The average molecular weight is 479 g/mol. The van der Waals surface area contributed by atoms with Crippen LogP contribution >= 0.6 is 0 Å². The second kappa shape index (κ2) is 12.1. The lowest BCUT2D eigenvalue weighted by molar-refractivity contribution is -0.166. The summed E-state index contributed by atoms with van der Waals surface area (Å²) >= 11 is 0. The Labute approximate surface area is 197 Å². The van der Waals surface area contributed by atoms with Crippen LogP contribution in [0.15, 0.2) is 29.2 Å². The maximum Gasteiger partial charge on any atom is 0.351 e. The van der Waals surface area contributed by atoms with Gasteiger partial charge in [0.05, 0.1) is 18.7 Å². The van der Waals surface area contributed by atoms with E-state index in [4.69, 9.17) is 32.1 Å². The van der Waals surface area contributed by atoms with Crippen molar-refractivity contribution >= 4 is 23.7 Å². The Morgan fingerprint density at radius 1 is 1.41 bits per heavy atom. The predicted molar refractivity (Wildman–Crippen MR) is 125 cm³/mol. The number of anilines is 1. The van der Waals surface area contributed by atoms with Gasteiger partial charge in [0.25, 0.3) is 0 Å². The summed E-state index contributed by atoms with van der Waals surface area (Å²) in [7, 11) is 1.68. The average Bonchev–Trinajstić information content (AvgIpc) is 2.80. The van der Waals surface area contributed by atoms with E-state index in [-0.39, 0.29) is 24.3 Å². The first-order chi connectivity index (χ1) is 16.0. The Bertz CT molecular complexity index is 965. The first-order valence-electron chi connectivity index (χ1n) is 11.0. The van der Waals surface area contributed by atoms with E-state index in [1.165, 1.54) is 22.9 Å². The summed E-state index contributed by atoms with van der Waals surface area (Å²) in [5, 5.41) is 10.1. The fourth-order valence-corrected chi connectivity index (χ4v) is 3.20. The van der Waals surface area contributed by atoms with Gasteiger partial charge >= 0.3 is 11.7 Å². The van der Waals surface area contributed by atoms with Gasteiger partial charge in [-0.15, -0.1) is 0 Å². The molecule has 2 heterocycles. The van der Waals surface area contributed by atoms with E-state index in [0.29, 0.717) is 19.4 Å². The number of carbonyl (C=O) groups is 2. The van der Waals surface area contributed by atoms with Crippen molar-refractivity contribution in [3.8, 4) is 0 Å². The molecule has 5 unspecified atom stereocenters. The molecular formula is C21H34N8O5. The van der Waals surface area contributed by atoms with Crippen LogP contribution in [0, 0.1) is 11.3 Å². The molecular weight excluding hydrogens is 444 g/mol. The first kappa shape index (κ1) is 26.8. The van der Waals surface area contributed by atoms with E-state index in [0.717, 1.165) is 0 Å². The number of nitrogens with two attached hydrogens (primary N) is 3. The minimum absolute atomic E-state index is 0.0580. The Hall–Kier alpha value is -3.45. The van der Waals surface area contributed by atoms with Crippen LogP contribution in [-0.2, 0) is 19.1 Å². The van der Waals surface area contributed by atoms with Gasteiger partial charge in [-0.2, -0.15) is 4.98 Å². The summed E-state index contributed by atoms with van der Waals surface area (Å²) in [6, 6.07) is -0.299. The van der Waals surface area contributed by atoms with Crippen LogP contribution in [0.3, 0.4) is 0 Å². The Balaban J connectivity index is 2.15. The van der Waals surface area contributed by atoms with Gasteiger partial charge in [0.15, 0.2) is 18.3 Å². The molecule has 5 atom stereocenters. The van der Waals surface area contributed by atoms with Crippen molar-refractivity contribution in [2.24, 2.45) is 17.4 Å². The number of aromatic nitrogens is 2. The van der Waals surface area contributed by atoms with Crippen molar-refractivity contribution in [2.75, 3.05) is 25.9 Å². The van der Waals surface area contributed by atoms with Gasteiger partial charge in [-0.05, 0) is 30.9 Å². The maximum atomic E-state index is 12.8. The second-order valence-electron chi connectivity index (χ2n) is 8.17. The fourth-order valence-electron chi connectivity index (χ4n) is 3.20. The minimum atomic E-state index is -1.21. The van der Waals surface area contributed by atoms with E-state index in [1.807, 2.05) is 13.8 Å². The Morgan fingerprint density at radius 2 is 2.12 bits per heavy atom. The summed E-state index contributed by atoms with van der Waals surface area (Å²) in [6.07, 6.45) is 3.48. The number of esters is 1. The molecule has 0 fully saturated rings.